The lowest BCUT2D eigenvalue weighted by atomic mass is 10.7. The van der Waals surface area contributed by atoms with Crippen LogP contribution in [0.2, 0.25) is 0 Å². The Morgan fingerprint density at radius 3 is 2.24 bits per heavy atom. The van der Waals surface area contributed by atoms with E-state index in [0.29, 0.717) is 6.54 Å². The Morgan fingerprint density at radius 2 is 1.94 bits per heavy atom. The average molecular weight is 249 g/mol. The number of carbonyl (C=O) groups is 1. The molecule has 0 fully saturated rings. The van der Waals surface area contributed by atoms with Crippen LogP contribution in [0.3, 0.4) is 0 Å². The summed E-state index contributed by atoms with van der Waals surface area (Å²) in [7, 11) is 0. The molecule has 0 rings (SSSR count). The molecule has 0 bridgehead atoms. The smallest absolute Gasteiger partial charge is 0.319 e. The predicted octanol–water partition coefficient (Wildman–Crippen LogP) is -3.86. The number of hydrazine groups is 2. The fourth-order valence-corrected chi connectivity index (χ4v) is 0.459. The largest absolute Gasteiger partial charge is 0.480 e. The first-order chi connectivity index (χ1) is 7.97. The Labute approximate surface area is 98.2 Å². The lowest BCUT2D eigenvalue weighted by Gasteiger charge is -2.01. The Hall–Kier alpha value is -2.27. The molecule has 17 heavy (non-hydrogen) atoms. The third-order valence-corrected chi connectivity index (χ3v) is 1.07. The van der Waals surface area contributed by atoms with E-state index in [-0.39, 0.29) is 18.5 Å². The number of aliphatic carboxylic acids is 1. The Bertz CT molecular complexity index is 264. The number of carboxylic acid groups (broad SMARTS) is 1. The van der Waals surface area contributed by atoms with Gasteiger partial charge >= 0.3 is 5.97 Å². The van der Waals surface area contributed by atoms with E-state index < -0.39 is 5.97 Å². The molecule has 11 nitrogen and oxygen atoms in total. The van der Waals surface area contributed by atoms with Crippen molar-refractivity contribution < 1.29 is 9.90 Å². The minimum Gasteiger partial charge on any atom is -0.480 e. The maximum Gasteiger partial charge on any atom is 0.319 e. The van der Waals surface area contributed by atoms with Crippen molar-refractivity contribution in [3.05, 3.63) is 0 Å². The van der Waals surface area contributed by atoms with Gasteiger partial charge in [0.1, 0.15) is 6.54 Å². The zero-order valence-corrected chi connectivity index (χ0v) is 9.47. The van der Waals surface area contributed by atoms with Crippen molar-refractivity contribution >= 4 is 17.9 Å². The fraction of sp³-hybridized carbons (Fsp3) is 0.500. The van der Waals surface area contributed by atoms with Crippen LogP contribution in [0.25, 0.3) is 0 Å². The van der Waals surface area contributed by atoms with Crippen molar-refractivity contribution in [3.63, 3.8) is 0 Å². The zero-order valence-electron chi connectivity index (χ0n) is 9.47. The number of nitrogens with one attached hydrogen (secondary N) is 3. The molecule has 11 heteroatoms. The Balaban J connectivity index is 0. The number of hydrazone groups is 1. The second-order valence-corrected chi connectivity index (χ2v) is 2.39. The highest BCUT2D eigenvalue weighted by molar-refractivity contribution is 5.77. The molecule has 0 aliphatic heterocycles. The highest BCUT2D eigenvalue weighted by Gasteiger charge is 1.93. The van der Waals surface area contributed by atoms with E-state index in [1.54, 1.807) is 0 Å². The predicted molar refractivity (Wildman–Crippen MR) is 64.1 cm³/mol. The molecule has 0 saturated carbocycles. The molecule has 0 radical (unpaired) electrons. The molecule has 0 aliphatic carbocycles. The molecule has 100 valence electrons. The van der Waals surface area contributed by atoms with E-state index in [2.05, 4.69) is 26.4 Å². The van der Waals surface area contributed by atoms with Gasteiger partial charge < -0.3 is 22.4 Å². The molecular formula is C6H19N9O2. The molecule has 12 N–H and O–H groups in total. The van der Waals surface area contributed by atoms with Gasteiger partial charge in [0.15, 0.2) is 0 Å². The van der Waals surface area contributed by atoms with Crippen LogP contribution in [0, 0.1) is 0 Å². The average Bonchev–Trinajstić information content (AvgIpc) is 2.29. The minimum atomic E-state index is -1.00. The first-order valence-electron chi connectivity index (χ1n) is 4.48. The van der Waals surface area contributed by atoms with Gasteiger partial charge in [0.25, 0.3) is 0 Å². The number of aliphatic imine (C=N–C) groups is 1. The number of guanidine groups is 2. The molecule has 0 unspecified atom stereocenters. The highest BCUT2D eigenvalue weighted by atomic mass is 16.4. The molecule has 0 aromatic rings. The zero-order chi connectivity index (χ0) is 13.7. The van der Waals surface area contributed by atoms with E-state index in [1.807, 2.05) is 6.92 Å². The van der Waals surface area contributed by atoms with Crippen LogP contribution >= 0.6 is 0 Å². The number of hydrogen-bond donors (Lipinski definition) is 8. The number of carboxylic acids is 1. The molecule has 0 aliphatic rings. The molecule has 0 amide bonds. The molecule has 0 aromatic heterocycles. The molecule has 0 heterocycles. The van der Waals surface area contributed by atoms with E-state index in [9.17, 15) is 4.79 Å². The third kappa shape index (κ3) is 16.4. The fourth-order valence-electron chi connectivity index (χ4n) is 0.459. The monoisotopic (exact) mass is 249 g/mol. The van der Waals surface area contributed by atoms with Gasteiger partial charge in [-0.15, -0.1) is 5.10 Å². The second-order valence-electron chi connectivity index (χ2n) is 2.39. The maximum atomic E-state index is 9.85. The molecular weight excluding hydrogens is 230 g/mol. The summed E-state index contributed by atoms with van der Waals surface area (Å²) >= 11 is 0. The van der Waals surface area contributed by atoms with Gasteiger partial charge in [-0.2, -0.15) is 0 Å². The topological polar surface area (TPSA) is 202 Å². The maximum absolute atomic E-state index is 9.85. The van der Waals surface area contributed by atoms with Crippen molar-refractivity contribution in [2.45, 2.75) is 6.92 Å². The summed E-state index contributed by atoms with van der Waals surface area (Å²) < 4.78 is 0. The first-order valence-corrected chi connectivity index (χ1v) is 4.48. The van der Waals surface area contributed by atoms with E-state index in [4.69, 9.17) is 28.3 Å². The van der Waals surface area contributed by atoms with Crippen molar-refractivity contribution in [3.8, 4) is 0 Å². The van der Waals surface area contributed by atoms with Crippen LogP contribution in [0.1, 0.15) is 6.92 Å². The third-order valence-electron chi connectivity index (χ3n) is 1.07. The highest BCUT2D eigenvalue weighted by Crippen LogP contribution is 1.60. The summed E-state index contributed by atoms with van der Waals surface area (Å²) in [6, 6.07) is 0. The standard InChI is InChI=1S/C3H9N5O2.C3H10N4/c4-3(7-5)8-6-1-2(9)10;1-2-6-3(4)7-5/h6H,1,5H2,(H,9,10)(H3,4,7,8);2,5H2,1H3,(H3,4,6,7). The van der Waals surface area contributed by atoms with Crippen LogP contribution in [0.5, 0.6) is 0 Å². The molecule has 0 aromatic carbocycles. The van der Waals surface area contributed by atoms with Crippen molar-refractivity contribution in [2.75, 3.05) is 13.1 Å². The summed E-state index contributed by atoms with van der Waals surface area (Å²) in [4.78, 5) is 13.6. The van der Waals surface area contributed by atoms with Crippen LogP contribution in [0.15, 0.2) is 10.1 Å². The van der Waals surface area contributed by atoms with Gasteiger partial charge in [0, 0.05) is 6.54 Å². The number of nitrogens with zero attached hydrogens (tertiary/aromatic N) is 2. The summed E-state index contributed by atoms with van der Waals surface area (Å²) in [5.41, 5.74) is 16.8. The van der Waals surface area contributed by atoms with E-state index in [0.717, 1.165) is 0 Å². The lowest BCUT2D eigenvalue weighted by Crippen LogP contribution is -2.45. The van der Waals surface area contributed by atoms with Crippen molar-refractivity contribution in [2.24, 2.45) is 33.2 Å². The quantitative estimate of drug-likeness (QED) is 0.106. The van der Waals surface area contributed by atoms with Crippen LogP contribution < -0.4 is 39.4 Å². The Morgan fingerprint density at radius 1 is 1.35 bits per heavy atom. The van der Waals surface area contributed by atoms with Gasteiger partial charge in [-0.3, -0.25) is 20.6 Å². The van der Waals surface area contributed by atoms with Gasteiger partial charge in [-0.25, -0.2) is 11.3 Å². The van der Waals surface area contributed by atoms with Gasteiger partial charge in [0.2, 0.25) is 11.9 Å². The van der Waals surface area contributed by atoms with Crippen molar-refractivity contribution in [1.29, 1.82) is 0 Å². The molecule has 0 spiro atoms. The van der Waals surface area contributed by atoms with Crippen molar-refractivity contribution in [1.82, 2.24) is 16.3 Å². The summed E-state index contributed by atoms with van der Waals surface area (Å²) in [6.07, 6.45) is 0. The van der Waals surface area contributed by atoms with Crippen LogP contribution in [-0.4, -0.2) is 36.1 Å². The summed E-state index contributed by atoms with van der Waals surface area (Å²) in [6.45, 7) is 2.29. The van der Waals surface area contributed by atoms with Gasteiger partial charge in [-0.1, -0.05) is 0 Å². The van der Waals surface area contributed by atoms with E-state index in [1.165, 1.54) is 0 Å². The lowest BCUT2D eigenvalue weighted by molar-refractivity contribution is -0.136. The number of nitrogens with two attached hydrogens (primary N) is 4. The van der Waals surface area contributed by atoms with Crippen LogP contribution in [-0.2, 0) is 4.79 Å². The van der Waals surface area contributed by atoms with Gasteiger partial charge in [0.05, 0.1) is 0 Å². The first kappa shape index (κ1) is 17.1. The number of hydrogen-bond acceptors (Lipinski definition) is 6. The van der Waals surface area contributed by atoms with E-state index >= 15 is 0 Å². The molecule has 0 saturated heterocycles. The summed E-state index contributed by atoms with van der Waals surface area (Å²) in [5, 5.41) is 11.1. The summed E-state index contributed by atoms with van der Waals surface area (Å²) in [5.74, 6) is 8.76. The minimum absolute atomic E-state index is 0.0683. The SMILES string of the molecule is CCN=C(N)NN.N/N=C(\N)NNCC(=O)O. The normalized spacial score (nSPS) is 11.2. The number of rotatable bonds is 4. The molecule has 0 atom stereocenters. The Kier molecular flexibility index (Phi) is 11.9. The second kappa shape index (κ2) is 11.8. The van der Waals surface area contributed by atoms with Gasteiger partial charge in [-0.05, 0) is 6.92 Å². The van der Waals surface area contributed by atoms with Crippen LogP contribution in [0.4, 0.5) is 0 Å².